The van der Waals surface area contributed by atoms with Crippen LogP contribution in [0, 0.1) is 12.7 Å². The number of anilines is 1. The SMILES string of the molecule is CCCCNC(=O)[C@H](C)N(Cc1ccccc1F)C(=O)CN(c1ccc(OC)c(OC)c1)S(=O)(=O)c1ccc(C)cc1. The fourth-order valence-electron chi connectivity index (χ4n) is 4.28. The first kappa shape index (κ1) is 32.4. The highest BCUT2D eigenvalue weighted by Crippen LogP contribution is 2.34. The normalized spacial score (nSPS) is 11.9. The topological polar surface area (TPSA) is 105 Å². The van der Waals surface area contributed by atoms with Gasteiger partial charge in [-0.25, -0.2) is 12.8 Å². The molecule has 0 heterocycles. The molecular formula is C31H38FN3O6S. The van der Waals surface area contributed by atoms with Crippen molar-refractivity contribution in [2.45, 2.75) is 51.1 Å². The number of hydrogen-bond donors (Lipinski definition) is 1. The number of aryl methyl sites for hydroxylation is 1. The molecule has 3 aromatic carbocycles. The summed E-state index contributed by atoms with van der Waals surface area (Å²) in [6.45, 7) is 4.88. The van der Waals surface area contributed by atoms with Crippen molar-refractivity contribution >= 4 is 27.5 Å². The molecule has 1 atom stereocenters. The summed E-state index contributed by atoms with van der Waals surface area (Å²) in [4.78, 5) is 28.2. The van der Waals surface area contributed by atoms with Crippen LogP contribution in [0.3, 0.4) is 0 Å². The zero-order valence-corrected chi connectivity index (χ0v) is 25.4. The summed E-state index contributed by atoms with van der Waals surface area (Å²) >= 11 is 0. The molecule has 0 aliphatic carbocycles. The minimum absolute atomic E-state index is 0.0262. The molecule has 226 valence electrons. The number of halogens is 1. The van der Waals surface area contributed by atoms with Crippen molar-refractivity contribution < 1.29 is 31.9 Å². The van der Waals surface area contributed by atoms with E-state index in [1.807, 2.05) is 13.8 Å². The number of unbranched alkanes of at least 4 members (excludes halogenated alkanes) is 1. The van der Waals surface area contributed by atoms with E-state index in [4.69, 9.17) is 9.47 Å². The van der Waals surface area contributed by atoms with Gasteiger partial charge in [0.1, 0.15) is 18.4 Å². The maximum atomic E-state index is 14.7. The van der Waals surface area contributed by atoms with Gasteiger partial charge in [-0.2, -0.15) is 0 Å². The molecule has 0 aromatic heterocycles. The Morgan fingerprint density at radius 2 is 1.64 bits per heavy atom. The van der Waals surface area contributed by atoms with Crippen LogP contribution < -0.4 is 19.1 Å². The van der Waals surface area contributed by atoms with Crippen LogP contribution in [-0.2, 0) is 26.2 Å². The van der Waals surface area contributed by atoms with Gasteiger partial charge < -0.3 is 19.7 Å². The zero-order valence-electron chi connectivity index (χ0n) is 24.6. The molecule has 0 fully saturated rings. The van der Waals surface area contributed by atoms with Crippen molar-refractivity contribution in [1.29, 1.82) is 0 Å². The van der Waals surface area contributed by atoms with Crippen molar-refractivity contribution in [2.75, 3.05) is 31.6 Å². The first-order chi connectivity index (χ1) is 20.0. The number of nitrogens with zero attached hydrogens (tertiary/aromatic N) is 2. The van der Waals surface area contributed by atoms with Gasteiger partial charge >= 0.3 is 0 Å². The Morgan fingerprint density at radius 3 is 2.26 bits per heavy atom. The van der Waals surface area contributed by atoms with Crippen molar-refractivity contribution in [3.63, 3.8) is 0 Å². The number of sulfonamides is 1. The Bertz CT molecular complexity index is 1480. The summed E-state index contributed by atoms with van der Waals surface area (Å²) in [6, 6.07) is 15.7. The summed E-state index contributed by atoms with van der Waals surface area (Å²) in [5, 5.41) is 2.80. The predicted octanol–water partition coefficient (Wildman–Crippen LogP) is 4.68. The maximum Gasteiger partial charge on any atom is 0.264 e. The molecule has 2 amide bonds. The van der Waals surface area contributed by atoms with Crippen LogP contribution >= 0.6 is 0 Å². The van der Waals surface area contributed by atoms with E-state index in [0.717, 1.165) is 22.7 Å². The number of carbonyl (C=O) groups excluding carboxylic acids is 2. The average molecular weight is 600 g/mol. The highest BCUT2D eigenvalue weighted by molar-refractivity contribution is 7.92. The smallest absolute Gasteiger partial charge is 0.264 e. The summed E-state index contributed by atoms with van der Waals surface area (Å²) in [6.07, 6.45) is 1.62. The van der Waals surface area contributed by atoms with Gasteiger partial charge in [0.15, 0.2) is 11.5 Å². The van der Waals surface area contributed by atoms with Gasteiger partial charge in [0, 0.05) is 24.7 Å². The third kappa shape index (κ3) is 7.79. The lowest BCUT2D eigenvalue weighted by Gasteiger charge is -2.32. The van der Waals surface area contributed by atoms with Gasteiger partial charge in [0.25, 0.3) is 10.0 Å². The van der Waals surface area contributed by atoms with E-state index in [1.54, 1.807) is 18.2 Å². The molecule has 0 aliphatic heterocycles. The minimum Gasteiger partial charge on any atom is -0.493 e. The van der Waals surface area contributed by atoms with Gasteiger partial charge in [-0.15, -0.1) is 0 Å². The number of nitrogens with one attached hydrogen (secondary N) is 1. The number of amides is 2. The van der Waals surface area contributed by atoms with Crippen LogP contribution in [0.25, 0.3) is 0 Å². The Morgan fingerprint density at radius 1 is 0.976 bits per heavy atom. The van der Waals surface area contributed by atoms with Gasteiger partial charge in [0.2, 0.25) is 11.8 Å². The van der Waals surface area contributed by atoms with Crippen molar-refractivity contribution in [3.05, 3.63) is 83.7 Å². The predicted molar refractivity (Wildman–Crippen MR) is 160 cm³/mol. The summed E-state index contributed by atoms with van der Waals surface area (Å²) < 4.78 is 54.3. The Balaban J connectivity index is 2.07. The Labute approximate surface area is 247 Å². The monoisotopic (exact) mass is 599 g/mol. The lowest BCUT2D eigenvalue weighted by molar-refractivity contribution is -0.139. The molecule has 0 aliphatic rings. The molecule has 3 rings (SSSR count). The standard InChI is InChI=1S/C31H38FN3O6S/c1-6-7-18-33-31(37)23(3)34(20-24-10-8-9-11-27(24)32)30(36)21-35(25-14-17-28(40-4)29(19-25)41-5)42(38,39)26-15-12-22(2)13-16-26/h8-17,19,23H,6-7,18,20-21H2,1-5H3,(H,33,37)/t23-/m0/s1. The van der Waals surface area contributed by atoms with Gasteiger partial charge in [0.05, 0.1) is 24.8 Å². The highest BCUT2D eigenvalue weighted by Gasteiger charge is 2.33. The fourth-order valence-corrected chi connectivity index (χ4v) is 5.68. The van der Waals surface area contributed by atoms with Crippen LogP contribution in [0.1, 0.15) is 37.8 Å². The number of rotatable bonds is 14. The maximum absolute atomic E-state index is 14.7. The second-order valence-corrected chi connectivity index (χ2v) is 11.7. The van der Waals surface area contributed by atoms with Crippen LogP contribution in [0.5, 0.6) is 11.5 Å². The second kappa shape index (κ2) is 14.7. The zero-order chi connectivity index (χ0) is 30.9. The molecule has 42 heavy (non-hydrogen) atoms. The van der Waals surface area contributed by atoms with Gasteiger partial charge in [-0.3, -0.25) is 13.9 Å². The lowest BCUT2D eigenvalue weighted by atomic mass is 10.1. The van der Waals surface area contributed by atoms with E-state index in [-0.39, 0.29) is 28.4 Å². The molecule has 11 heteroatoms. The van der Waals surface area contributed by atoms with E-state index in [2.05, 4.69) is 5.32 Å². The molecule has 0 unspecified atom stereocenters. The number of methoxy groups -OCH3 is 2. The number of ether oxygens (including phenoxy) is 2. The van der Waals surface area contributed by atoms with Crippen molar-refractivity contribution in [2.24, 2.45) is 0 Å². The Hall–Kier alpha value is -4.12. The summed E-state index contributed by atoms with van der Waals surface area (Å²) in [7, 11) is -1.40. The van der Waals surface area contributed by atoms with E-state index in [0.29, 0.717) is 12.3 Å². The number of carbonyl (C=O) groups is 2. The number of hydrogen-bond acceptors (Lipinski definition) is 6. The van der Waals surface area contributed by atoms with Crippen LogP contribution in [-0.4, -0.2) is 58.5 Å². The quantitative estimate of drug-likeness (QED) is 0.270. The first-order valence-electron chi connectivity index (χ1n) is 13.7. The molecule has 9 nitrogen and oxygen atoms in total. The highest BCUT2D eigenvalue weighted by atomic mass is 32.2. The van der Waals surface area contributed by atoms with E-state index >= 15 is 0 Å². The van der Waals surface area contributed by atoms with E-state index in [1.165, 1.54) is 74.6 Å². The van der Waals surface area contributed by atoms with Crippen molar-refractivity contribution in [1.82, 2.24) is 10.2 Å². The largest absolute Gasteiger partial charge is 0.493 e. The second-order valence-electron chi connectivity index (χ2n) is 9.80. The third-order valence-electron chi connectivity index (χ3n) is 6.84. The third-order valence-corrected chi connectivity index (χ3v) is 8.63. The van der Waals surface area contributed by atoms with E-state index < -0.39 is 40.2 Å². The van der Waals surface area contributed by atoms with Crippen molar-refractivity contribution in [3.8, 4) is 11.5 Å². The number of benzene rings is 3. The van der Waals surface area contributed by atoms with E-state index in [9.17, 15) is 22.4 Å². The molecular weight excluding hydrogens is 561 g/mol. The fraction of sp³-hybridized carbons (Fsp3) is 0.355. The molecule has 0 spiro atoms. The lowest BCUT2D eigenvalue weighted by Crippen LogP contribution is -2.51. The molecule has 0 saturated carbocycles. The van der Waals surface area contributed by atoms with Gasteiger partial charge in [-0.05, 0) is 50.6 Å². The first-order valence-corrected chi connectivity index (χ1v) is 15.1. The summed E-state index contributed by atoms with van der Waals surface area (Å²) in [5.74, 6) is -1.02. The van der Waals surface area contributed by atoms with Crippen LogP contribution in [0.2, 0.25) is 0 Å². The van der Waals surface area contributed by atoms with Gasteiger partial charge in [-0.1, -0.05) is 49.2 Å². The summed E-state index contributed by atoms with van der Waals surface area (Å²) in [5.41, 5.74) is 1.20. The average Bonchev–Trinajstić information content (AvgIpc) is 2.98. The molecule has 1 N–H and O–H groups in total. The minimum atomic E-state index is -4.27. The van der Waals surface area contributed by atoms with Crippen LogP contribution in [0.4, 0.5) is 10.1 Å². The molecule has 0 saturated heterocycles. The molecule has 0 bridgehead atoms. The molecule has 0 radical (unpaired) electrons. The molecule has 3 aromatic rings. The Kier molecular flexibility index (Phi) is 11.3. The van der Waals surface area contributed by atoms with Crippen LogP contribution in [0.15, 0.2) is 71.6 Å².